The predicted molar refractivity (Wildman–Crippen MR) is 183 cm³/mol. The van der Waals surface area contributed by atoms with Crippen molar-refractivity contribution in [2.45, 2.75) is 127 Å². The van der Waals surface area contributed by atoms with Crippen molar-refractivity contribution in [1.82, 2.24) is 4.72 Å². The molecule has 0 radical (unpaired) electrons. The Hall–Kier alpha value is -1.86. The molecular weight excluding hydrogens is 616 g/mol. The van der Waals surface area contributed by atoms with Crippen molar-refractivity contribution in [3.63, 3.8) is 0 Å². The first-order valence-corrected chi connectivity index (χ1v) is 22.8. The zero-order chi connectivity index (χ0) is 32.6. The molecule has 3 rings (SSSR count). The number of anilines is 1. The minimum Gasteiger partial charge on any atom is -0.543 e. The minimum absolute atomic E-state index is 0.0414. The molecule has 1 aliphatic rings. The van der Waals surface area contributed by atoms with Crippen LogP contribution in [-0.4, -0.2) is 37.0 Å². The van der Waals surface area contributed by atoms with Gasteiger partial charge in [0.2, 0.25) is 32.6 Å². The van der Waals surface area contributed by atoms with Crippen LogP contribution in [0.15, 0.2) is 41.3 Å². The zero-order valence-electron chi connectivity index (χ0n) is 27.8. The lowest BCUT2D eigenvalue weighted by Crippen LogP contribution is -2.44. The summed E-state index contributed by atoms with van der Waals surface area (Å²) in [5, 5.41) is 2.90. The first kappa shape index (κ1) is 35.6. The summed E-state index contributed by atoms with van der Waals surface area (Å²) in [5.74, 6) is 1.74. The molecule has 0 saturated heterocycles. The molecule has 1 aliphatic carbocycles. The van der Waals surface area contributed by atoms with Crippen LogP contribution in [0.3, 0.4) is 0 Å². The molecule has 2 aromatic rings. The Morgan fingerprint density at radius 1 is 0.860 bits per heavy atom. The Morgan fingerprint density at radius 2 is 1.42 bits per heavy atom. The highest BCUT2D eigenvalue weighted by atomic mass is 35.5. The Bertz CT molecular complexity index is 1420. The molecule has 0 atom stereocenters. The maximum atomic E-state index is 13.2. The second kappa shape index (κ2) is 12.9. The number of sulfonamides is 1. The van der Waals surface area contributed by atoms with Gasteiger partial charge in [0.1, 0.15) is 11.5 Å². The molecule has 2 N–H and O–H groups in total. The molecule has 0 unspecified atom stereocenters. The summed E-state index contributed by atoms with van der Waals surface area (Å²) in [6, 6.07) is 10.5. The van der Waals surface area contributed by atoms with Gasteiger partial charge in [-0.05, 0) is 97.7 Å². The molecule has 7 nitrogen and oxygen atoms in total. The van der Waals surface area contributed by atoms with E-state index in [0.29, 0.717) is 18.5 Å². The molecule has 1 fully saturated rings. The van der Waals surface area contributed by atoms with E-state index in [1.54, 1.807) is 0 Å². The lowest BCUT2D eigenvalue weighted by atomic mass is 9.81. The van der Waals surface area contributed by atoms with Crippen molar-refractivity contribution in [3.8, 4) is 11.5 Å². The Labute approximate surface area is 266 Å². The Balaban J connectivity index is 1.80. The maximum absolute atomic E-state index is 13.2. The van der Waals surface area contributed by atoms with Gasteiger partial charge in [0, 0.05) is 19.0 Å². The van der Waals surface area contributed by atoms with Crippen molar-refractivity contribution in [3.05, 3.63) is 47.0 Å². The van der Waals surface area contributed by atoms with Gasteiger partial charge in [-0.1, -0.05) is 59.2 Å². The molecule has 0 spiro atoms. The van der Waals surface area contributed by atoms with Gasteiger partial charge in [-0.25, -0.2) is 13.1 Å². The van der Waals surface area contributed by atoms with Crippen molar-refractivity contribution in [1.29, 1.82) is 0 Å². The van der Waals surface area contributed by atoms with Crippen LogP contribution in [-0.2, 0) is 14.8 Å². The van der Waals surface area contributed by atoms with Crippen molar-refractivity contribution < 1.29 is 22.1 Å². The quantitative estimate of drug-likeness (QED) is 0.260. The van der Waals surface area contributed by atoms with E-state index in [9.17, 15) is 13.2 Å². The number of carbonyl (C=O) groups excluding carboxylic acids is 1. The van der Waals surface area contributed by atoms with Crippen molar-refractivity contribution in [2.24, 2.45) is 0 Å². The second-order valence-corrected chi connectivity index (χ2v) is 26.5. The topological polar surface area (TPSA) is 93.7 Å². The average molecular weight is 667 g/mol. The summed E-state index contributed by atoms with van der Waals surface area (Å²) >= 11 is 6.24. The van der Waals surface area contributed by atoms with E-state index in [4.69, 9.17) is 20.5 Å². The number of hydrogen-bond acceptors (Lipinski definition) is 5. The minimum atomic E-state index is -3.77. The van der Waals surface area contributed by atoms with Crippen molar-refractivity contribution >= 4 is 49.9 Å². The smallest absolute Gasteiger partial charge is 0.250 e. The monoisotopic (exact) mass is 666 g/mol. The zero-order valence-corrected chi connectivity index (χ0v) is 31.3. The highest BCUT2D eigenvalue weighted by molar-refractivity contribution is 7.89. The van der Waals surface area contributed by atoms with Crippen LogP contribution >= 0.6 is 11.6 Å². The number of rotatable bonds is 9. The van der Waals surface area contributed by atoms with Gasteiger partial charge in [-0.2, -0.15) is 0 Å². The van der Waals surface area contributed by atoms with Gasteiger partial charge in [0.15, 0.2) is 0 Å². The third kappa shape index (κ3) is 8.87. The molecule has 2 aromatic carbocycles. The number of benzene rings is 2. The van der Waals surface area contributed by atoms with Gasteiger partial charge in [-0.3, -0.25) is 4.79 Å². The highest BCUT2D eigenvalue weighted by Crippen LogP contribution is 2.45. The number of carbonyl (C=O) groups is 1. The van der Waals surface area contributed by atoms with Crippen LogP contribution in [0.4, 0.5) is 5.69 Å². The van der Waals surface area contributed by atoms with E-state index in [-0.39, 0.29) is 37.9 Å². The first-order chi connectivity index (χ1) is 19.5. The number of nitrogens with one attached hydrogen (secondary N) is 2. The summed E-state index contributed by atoms with van der Waals surface area (Å²) < 4.78 is 42.8. The number of hydrogen-bond donors (Lipinski definition) is 2. The van der Waals surface area contributed by atoms with E-state index in [0.717, 1.165) is 24.3 Å². The van der Waals surface area contributed by atoms with Gasteiger partial charge < -0.3 is 14.2 Å². The van der Waals surface area contributed by atoms with Gasteiger partial charge in [-0.15, -0.1) is 0 Å². The fourth-order valence-corrected chi connectivity index (χ4v) is 8.32. The molecule has 0 aliphatic heterocycles. The van der Waals surface area contributed by atoms with E-state index >= 15 is 0 Å². The molecule has 240 valence electrons. The third-order valence-electron chi connectivity index (χ3n) is 9.39. The van der Waals surface area contributed by atoms with E-state index in [1.165, 1.54) is 30.7 Å². The molecule has 0 bridgehead atoms. The standard InChI is InChI=1S/C32H51ClN2O5SSi2/c1-22(36)34-29-19-17-26(21-28(29)33)41(37,38)35-24-14-12-23(13-15-24)27-18-16-25(39-42(8,9)31(2,3)4)20-30(27)40-43(10,11)32(5,6)7/h16-21,23-24,35H,12-15H2,1-11H3,(H,34,36)/t23-,24+. The second-order valence-electron chi connectivity index (χ2n) is 14.9. The maximum Gasteiger partial charge on any atom is 0.250 e. The third-order valence-corrected chi connectivity index (χ3v) is 19.9. The average Bonchev–Trinajstić information content (AvgIpc) is 2.84. The molecule has 11 heteroatoms. The molecule has 0 heterocycles. The fraction of sp³-hybridized carbons (Fsp3) is 0.594. The largest absolute Gasteiger partial charge is 0.543 e. The fourth-order valence-electron chi connectivity index (χ4n) is 4.64. The SMILES string of the molecule is CC(=O)Nc1ccc(S(=O)(=O)N[C@H]2CC[C@@H](c3ccc(O[Si](C)(C)C(C)(C)C)cc3O[Si](C)(C)C(C)(C)C)CC2)cc1Cl. The highest BCUT2D eigenvalue weighted by Gasteiger charge is 2.41. The normalized spacial score (nSPS) is 18.7. The molecule has 1 amide bonds. The number of halogens is 1. The predicted octanol–water partition coefficient (Wildman–Crippen LogP) is 9.07. The molecular formula is C32H51ClN2O5SSi2. The van der Waals surface area contributed by atoms with Crippen LogP contribution in [0, 0.1) is 0 Å². The lowest BCUT2D eigenvalue weighted by Gasteiger charge is -2.39. The van der Waals surface area contributed by atoms with Gasteiger partial charge in [0.05, 0.1) is 15.6 Å². The van der Waals surface area contributed by atoms with Crippen LogP contribution in [0.2, 0.25) is 41.3 Å². The molecule has 43 heavy (non-hydrogen) atoms. The van der Waals surface area contributed by atoms with Gasteiger partial charge in [0.25, 0.3) is 0 Å². The van der Waals surface area contributed by atoms with Gasteiger partial charge >= 0.3 is 0 Å². The number of amides is 1. The van der Waals surface area contributed by atoms with E-state index in [2.05, 4.69) is 96.0 Å². The Kier molecular flexibility index (Phi) is 10.7. The van der Waals surface area contributed by atoms with Crippen LogP contribution in [0.5, 0.6) is 11.5 Å². The Morgan fingerprint density at radius 3 is 1.93 bits per heavy atom. The first-order valence-electron chi connectivity index (χ1n) is 15.1. The lowest BCUT2D eigenvalue weighted by molar-refractivity contribution is -0.114. The summed E-state index contributed by atoms with van der Waals surface area (Å²) in [4.78, 5) is 11.4. The summed E-state index contributed by atoms with van der Waals surface area (Å²) in [6.07, 6.45) is 3.10. The molecule has 0 aromatic heterocycles. The molecule has 1 saturated carbocycles. The van der Waals surface area contributed by atoms with Crippen LogP contribution in [0.1, 0.15) is 85.6 Å². The summed E-state index contributed by atoms with van der Waals surface area (Å²) in [5.41, 5.74) is 1.55. The van der Waals surface area contributed by atoms with E-state index in [1.807, 2.05) is 0 Å². The summed E-state index contributed by atoms with van der Waals surface area (Å²) in [6.45, 7) is 23.9. The van der Waals surface area contributed by atoms with Crippen LogP contribution in [0.25, 0.3) is 0 Å². The van der Waals surface area contributed by atoms with E-state index < -0.39 is 26.7 Å². The van der Waals surface area contributed by atoms with Crippen LogP contribution < -0.4 is 18.9 Å². The summed E-state index contributed by atoms with van der Waals surface area (Å²) in [7, 11) is -7.93. The van der Waals surface area contributed by atoms with Crippen molar-refractivity contribution in [2.75, 3.05) is 5.32 Å².